The molecule has 2 heteroatoms. The molecule has 0 unspecified atom stereocenters. The zero-order chi connectivity index (χ0) is 15.1. The molecule has 2 rings (SSSR count). The van der Waals surface area contributed by atoms with Crippen LogP contribution in [0.3, 0.4) is 0 Å². The van der Waals surface area contributed by atoms with Gasteiger partial charge in [0.05, 0.1) is 0 Å². The van der Waals surface area contributed by atoms with Crippen molar-refractivity contribution in [2.75, 3.05) is 6.61 Å². The van der Waals surface area contributed by atoms with Gasteiger partial charge in [0.1, 0.15) is 12.4 Å². The quantitative estimate of drug-likeness (QED) is 0.759. The van der Waals surface area contributed by atoms with Crippen molar-refractivity contribution in [2.45, 2.75) is 26.4 Å². The maximum Gasteiger partial charge on any atom is 0.119 e. The standard InChI is InChI=1S/C19H23NO/c1-4-12-21-19-10-8-17(9-11-19)14-20-16(3)18-7-5-6-15(2)13-18/h4-11,13,16,20H,1,12,14H2,2-3H3/t16-/m0/s1. The Labute approximate surface area is 127 Å². The van der Waals surface area contributed by atoms with E-state index in [0.29, 0.717) is 12.6 Å². The van der Waals surface area contributed by atoms with Crippen LogP contribution in [0.4, 0.5) is 0 Å². The highest BCUT2D eigenvalue weighted by molar-refractivity contribution is 5.28. The maximum atomic E-state index is 5.48. The fourth-order valence-corrected chi connectivity index (χ4v) is 2.19. The summed E-state index contributed by atoms with van der Waals surface area (Å²) in [5.74, 6) is 0.880. The summed E-state index contributed by atoms with van der Waals surface area (Å²) >= 11 is 0. The van der Waals surface area contributed by atoms with Crippen LogP contribution in [0.1, 0.15) is 29.7 Å². The lowest BCUT2D eigenvalue weighted by Crippen LogP contribution is -2.18. The van der Waals surface area contributed by atoms with Crippen molar-refractivity contribution in [3.8, 4) is 5.75 Å². The van der Waals surface area contributed by atoms with Crippen LogP contribution in [0, 0.1) is 6.92 Å². The van der Waals surface area contributed by atoms with Gasteiger partial charge in [-0.3, -0.25) is 0 Å². The first kappa shape index (κ1) is 15.3. The van der Waals surface area contributed by atoms with Gasteiger partial charge in [0.2, 0.25) is 0 Å². The Kier molecular flexibility index (Phi) is 5.59. The van der Waals surface area contributed by atoms with Gasteiger partial charge in [-0.25, -0.2) is 0 Å². The number of rotatable bonds is 7. The Morgan fingerprint density at radius 1 is 1.19 bits per heavy atom. The normalized spacial score (nSPS) is 11.9. The molecule has 0 aliphatic heterocycles. The van der Waals surface area contributed by atoms with Crippen LogP contribution < -0.4 is 10.1 Å². The van der Waals surface area contributed by atoms with E-state index in [4.69, 9.17) is 4.74 Å². The molecule has 0 fully saturated rings. The summed E-state index contributed by atoms with van der Waals surface area (Å²) in [5.41, 5.74) is 3.87. The molecular weight excluding hydrogens is 258 g/mol. The topological polar surface area (TPSA) is 21.3 Å². The Balaban J connectivity index is 1.89. The lowest BCUT2D eigenvalue weighted by atomic mass is 10.1. The van der Waals surface area contributed by atoms with E-state index < -0.39 is 0 Å². The zero-order valence-electron chi connectivity index (χ0n) is 12.8. The van der Waals surface area contributed by atoms with E-state index >= 15 is 0 Å². The van der Waals surface area contributed by atoms with E-state index in [1.807, 2.05) is 12.1 Å². The number of hydrogen-bond donors (Lipinski definition) is 1. The molecule has 0 bridgehead atoms. The molecule has 0 aromatic heterocycles. The third-order valence-electron chi connectivity index (χ3n) is 3.45. The van der Waals surface area contributed by atoms with Crippen molar-refractivity contribution in [3.05, 3.63) is 77.9 Å². The lowest BCUT2D eigenvalue weighted by Gasteiger charge is -2.15. The number of nitrogens with one attached hydrogen (secondary N) is 1. The van der Waals surface area contributed by atoms with Gasteiger partial charge >= 0.3 is 0 Å². The maximum absolute atomic E-state index is 5.48. The monoisotopic (exact) mass is 281 g/mol. The number of aryl methyl sites for hydroxylation is 1. The SMILES string of the molecule is C=CCOc1ccc(CN[C@@H](C)c2cccc(C)c2)cc1. The summed E-state index contributed by atoms with van der Waals surface area (Å²) in [6, 6.07) is 17.1. The summed E-state index contributed by atoms with van der Waals surface area (Å²) in [6.07, 6.45) is 1.75. The van der Waals surface area contributed by atoms with E-state index in [1.165, 1.54) is 16.7 Å². The van der Waals surface area contributed by atoms with Crippen LogP contribution in [0.25, 0.3) is 0 Å². The van der Waals surface area contributed by atoms with Gasteiger partial charge in [-0.05, 0) is 37.1 Å². The molecule has 0 saturated carbocycles. The first-order chi connectivity index (χ1) is 10.2. The van der Waals surface area contributed by atoms with Gasteiger partial charge in [0.15, 0.2) is 0 Å². The third kappa shape index (κ3) is 4.76. The molecule has 2 nitrogen and oxygen atoms in total. The van der Waals surface area contributed by atoms with Crippen molar-refractivity contribution >= 4 is 0 Å². The molecule has 21 heavy (non-hydrogen) atoms. The van der Waals surface area contributed by atoms with Gasteiger partial charge in [0.25, 0.3) is 0 Å². The minimum absolute atomic E-state index is 0.335. The molecule has 0 amide bonds. The average Bonchev–Trinajstić information content (AvgIpc) is 2.51. The Morgan fingerprint density at radius 3 is 2.62 bits per heavy atom. The summed E-state index contributed by atoms with van der Waals surface area (Å²) in [5, 5.41) is 3.55. The molecule has 0 aliphatic rings. The molecular formula is C19H23NO. The van der Waals surface area contributed by atoms with E-state index in [-0.39, 0.29) is 0 Å². The Bertz CT molecular complexity index is 574. The van der Waals surface area contributed by atoms with E-state index in [1.54, 1.807) is 6.08 Å². The third-order valence-corrected chi connectivity index (χ3v) is 3.45. The zero-order valence-corrected chi connectivity index (χ0v) is 12.8. The minimum atomic E-state index is 0.335. The summed E-state index contributed by atoms with van der Waals surface area (Å²) in [6.45, 7) is 9.34. The smallest absolute Gasteiger partial charge is 0.119 e. The van der Waals surface area contributed by atoms with Crippen molar-refractivity contribution in [3.63, 3.8) is 0 Å². The van der Waals surface area contributed by atoms with Crippen LogP contribution in [0.5, 0.6) is 5.75 Å². The first-order valence-electron chi connectivity index (χ1n) is 7.31. The largest absolute Gasteiger partial charge is 0.490 e. The molecule has 0 radical (unpaired) electrons. The van der Waals surface area contributed by atoms with Crippen molar-refractivity contribution in [2.24, 2.45) is 0 Å². The van der Waals surface area contributed by atoms with Gasteiger partial charge < -0.3 is 10.1 Å². The Morgan fingerprint density at radius 2 is 1.95 bits per heavy atom. The predicted octanol–water partition coefficient (Wildman–Crippen LogP) is 4.41. The Hall–Kier alpha value is -2.06. The molecule has 0 aliphatic carbocycles. The summed E-state index contributed by atoms with van der Waals surface area (Å²) in [7, 11) is 0. The van der Waals surface area contributed by atoms with Crippen molar-refractivity contribution < 1.29 is 4.74 Å². The van der Waals surface area contributed by atoms with Gasteiger partial charge in [-0.15, -0.1) is 0 Å². The predicted molar refractivity (Wildman–Crippen MR) is 88.6 cm³/mol. The average molecular weight is 281 g/mol. The van der Waals surface area contributed by atoms with Crippen molar-refractivity contribution in [1.82, 2.24) is 5.32 Å². The van der Waals surface area contributed by atoms with Crippen LogP contribution >= 0.6 is 0 Å². The number of hydrogen-bond acceptors (Lipinski definition) is 2. The molecule has 0 heterocycles. The fraction of sp³-hybridized carbons (Fsp3) is 0.263. The molecule has 1 atom stereocenters. The number of ether oxygens (including phenoxy) is 1. The molecule has 110 valence electrons. The highest BCUT2D eigenvalue weighted by atomic mass is 16.5. The van der Waals surface area contributed by atoms with Crippen LogP contribution in [-0.4, -0.2) is 6.61 Å². The van der Waals surface area contributed by atoms with Crippen LogP contribution in [0.2, 0.25) is 0 Å². The van der Waals surface area contributed by atoms with Crippen molar-refractivity contribution in [1.29, 1.82) is 0 Å². The van der Waals surface area contributed by atoms with Crippen LogP contribution in [0.15, 0.2) is 61.2 Å². The van der Waals surface area contributed by atoms with E-state index in [9.17, 15) is 0 Å². The molecule has 1 N–H and O–H groups in total. The molecule has 0 spiro atoms. The van der Waals surface area contributed by atoms with E-state index in [0.717, 1.165) is 12.3 Å². The number of benzene rings is 2. The van der Waals surface area contributed by atoms with Gasteiger partial charge in [0, 0.05) is 12.6 Å². The van der Waals surface area contributed by atoms with Crippen LogP contribution in [-0.2, 0) is 6.54 Å². The summed E-state index contributed by atoms with van der Waals surface area (Å²) < 4.78 is 5.48. The first-order valence-corrected chi connectivity index (χ1v) is 7.31. The second kappa shape index (κ2) is 7.65. The molecule has 2 aromatic rings. The second-order valence-electron chi connectivity index (χ2n) is 5.26. The molecule has 2 aromatic carbocycles. The minimum Gasteiger partial charge on any atom is -0.490 e. The highest BCUT2D eigenvalue weighted by Gasteiger charge is 2.04. The summed E-state index contributed by atoms with van der Waals surface area (Å²) in [4.78, 5) is 0. The van der Waals surface area contributed by atoms with Gasteiger partial charge in [-0.2, -0.15) is 0 Å². The fourth-order valence-electron chi connectivity index (χ4n) is 2.19. The van der Waals surface area contributed by atoms with E-state index in [2.05, 4.69) is 62.1 Å². The highest BCUT2D eigenvalue weighted by Crippen LogP contribution is 2.16. The van der Waals surface area contributed by atoms with Gasteiger partial charge in [-0.1, -0.05) is 54.6 Å². The lowest BCUT2D eigenvalue weighted by molar-refractivity contribution is 0.363. The molecule has 0 saturated heterocycles. The second-order valence-corrected chi connectivity index (χ2v) is 5.26.